The monoisotopic (exact) mass is 323 g/mol. The zero-order valence-electron chi connectivity index (χ0n) is 11.8. The van der Waals surface area contributed by atoms with Crippen molar-refractivity contribution in [2.24, 2.45) is 0 Å². The number of halogens is 2. The third-order valence-electron chi connectivity index (χ3n) is 3.12. The fourth-order valence-electron chi connectivity index (χ4n) is 1.92. The van der Waals surface area contributed by atoms with E-state index in [2.05, 4.69) is 5.32 Å². The van der Waals surface area contributed by atoms with Crippen molar-refractivity contribution in [1.29, 1.82) is 0 Å². The largest absolute Gasteiger partial charge is 0.350 e. The second kappa shape index (κ2) is 7.43. The van der Waals surface area contributed by atoms with E-state index in [0.29, 0.717) is 29.6 Å². The van der Waals surface area contributed by atoms with Gasteiger partial charge in [-0.2, -0.15) is 4.57 Å². The molecule has 3 nitrogen and oxygen atoms in total. The molecule has 110 valence electrons. The van der Waals surface area contributed by atoms with E-state index in [0.717, 1.165) is 5.56 Å². The van der Waals surface area contributed by atoms with E-state index in [9.17, 15) is 4.79 Å². The van der Waals surface area contributed by atoms with E-state index < -0.39 is 0 Å². The summed E-state index contributed by atoms with van der Waals surface area (Å²) in [4.78, 5) is 11.8. The summed E-state index contributed by atoms with van der Waals surface area (Å²) in [6.07, 6.45) is 4.47. The maximum atomic E-state index is 11.8. The quantitative estimate of drug-likeness (QED) is 0.843. The molecule has 0 fully saturated rings. The Morgan fingerprint density at radius 2 is 1.90 bits per heavy atom. The van der Waals surface area contributed by atoms with Crippen LogP contribution in [0.3, 0.4) is 0 Å². The maximum Gasteiger partial charge on any atom is 0.285 e. The van der Waals surface area contributed by atoms with Gasteiger partial charge in [0, 0.05) is 28.7 Å². The van der Waals surface area contributed by atoms with Gasteiger partial charge in [-0.25, -0.2) is 0 Å². The molecule has 0 aliphatic carbocycles. The minimum atomic E-state index is -0.0195. The number of carbonyl (C=O) groups is 1. The number of carbonyl (C=O) groups excluding carboxylic acids is 1. The first kappa shape index (κ1) is 15.8. The van der Waals surface area contributed by atoms with Crippen LogP contribution in [-0.2, 0) is 17.8 Å². The zero-order chi connectivity index (χ0) is 15.2. The molecule has 1 aromatic carbocycles. The summed E-state index contributed by atoms with van der Waals surface area (Å²) in [7, 11) is 0. The Morgan fingerprint density at radius 1 is 1.19 bits per heavy atom. The summed E-state index contributed by atoms with van der Waals surface area (Å²) in [6.45, 7) is 2.88. The van der Waals surface area contributed by atoms with Crippen molar-refractivity contribution in [3.05, 3.63) is 63.9 Å². The number of benzene rings is 1. The van der Waals surface area contributed by atoms with Crippen LogP contribution < -0.4 is 9.88 Å². The Morgan fingerprint density at radius 3 is 2.57 bits per heavy atom. The van der Waals surface area contributed by atoms with Crippen LogP contribution in [0, 0.1) is 6.92 Å². The van der Waals surface area contributed by atoms with Gasteiger partial charge < -0.3 is 5.32 Å². The molecule has 0 spiro atoms. The standard InChI is InChI=1S/C16H16Cl2N2O/c1-12-5-8-20(9-6-12)11-16(21)19-7-4-13-2-3-14(17)10-15(13)18/h2-3,5-6,8-10H,4,7,11H2,1H3/p+1. The summed E-state index contributed by atoms with van der Waals surface area (Å²) in [5, 5.41) is 4.13. The fourth-order valence-corrected chi connectivity index (χ4v) is 2.42. The van der Waals surface area contributed by atoms with Crippen LogP contribution in [0.1, 0.15) is 11.1 Å². The van der Waals surface area contributed by atoms with Gasteiger partial charge in [0.2, 0.25) is 6.54 Å². The average molecular weight is 324 g/mol. The summed E-state index contributed by atoms with van der Waals surface area (Å²) in [6, 6.07) is 9.34. The molecule has 0 unspecified atom stereocenters. The van der Waals surface area contributed by atoms with Crippen LogP contribution in [0.4, 0.5) is 0 Å². The molecule has 1 N–H and O–H groups in total. The molecule has 1 heterocycles. The van der Waals surface area contributed by atoms with E-state index in [-0.39, 0.29) is 5.91 Å². The molecule has 2 aromatic rings. The Bertz CT molecular complexity index is 627. The third-order valence-corrected chi connectivity index (χ3v) is 3.70. The zero-order valence-corrected chi connectivity index (χ0v) is 13.3. The molecule has 2 rings (SSSR count). The Kier molecular flexibility index (Phi) is 5.59. The summed E-state index contributed by atoms with van der Waals surface area (Å²) < 4.78 is 1.84. The van der Waals surface area contributed by atoms with Crippen molar-refractivity contribution in [2.45, 2.75) is 19.9 Å². The number of aromatic nitrogens is 1. The number of nitrogens with one attached hydrogen (secondary N) is 1. The summed E-state index contributed by atoms with van der Waals surface area (Å²) in [5.41, 5.74) is 2.15. The molecular weight excluding hydrogens is 307 g/mol. The Hall–Kier alpha value is -1.58. The molecule has 1 amide bonds. The molecule has 21 heavy (non-hydrogen) atoms. The third kappa shape index (κ3) is 5.03. The van der Waals surface area contributed by atoms with Crippen molar-refractivity contribution in [1.82, 2.24) is 5.32 Å². The van der Waals surface area contributed by atoms with Crippen molar-refractivity contribution in [3.63, 3.8) is 0 Å². The van der Waals surface area contributed by atoms with Gasteiger partial charge in [-0.3, -0.25) is 4.79 Å². The number of nitrogens with zero attached hydrogens (tertiary/aromatic N) is 1. The lowest BCUT2D eigenvalue weighted by atomic mass is 10.1. The van der Waals surface area contributed by atoms with Crippen LogP contribution in [0.25, 0.3) is 0 Å². The van der Waals surface area contributed by atoms with E-state index in [1.54, 1.807) is 12.1 Å². The number of rotatable bonds is 5. The van der Waals surface area contributed by atoms with Crippen molar-refractivity contribution >= 4 is 29.1 Å². The molecule has 0 radical (unpaired) electrons. The smallest absolute Gasteiger partial charge is 0.285 e. The van der Waals surface area contributed by atoms with E-state index >= 15 is 0 Å². The lowest BCUT2D eigenvalue weighted by Crippen LogP contribution is -2.42. The first-order valence-electron chi connectivity index (χ1n) is 6.71. The predicted octanol–water partition coefficient (Wildman–Crippen LogP) is 2.95. The molecule has 5 heteroatoms. The molecular formula is C16H17Cl2N2O+. The topological polar surface area (TPSA) is 33.0 Å². The van der Waals surface area contributed by atoms with Gasteiger partial charge in [-0.05, 0) is 36.6 Å². The minimum absolute atomic E-state index is 0.0195. The highest BCUT2D eigenvalue weighted by atomic mass is 35.5. The van der Waals surface area contributed by atoms with Gasteiger partial charge >= 0.3 is 0 Å². The van der Waals surface area contributed by atoms with E-state index in [1.165, 1.54) is 5.56 Å². The number of amides is 1. The van der Waals surface area contributed by atoms with Crippen molar-refractivity contribution in [2.75, 3.05) is 6.54 Å². The molecule has 0 atom stereocenters. The van der Waals surface area contributed by atoms with Crippen LogP contribution in [-0.4, -0.2) is 12.5 Å². The highest BCUT2D eigenvalue weighted by Gasteiger charge is 2.08. The van der Waals surface area contributed by atoms with Crippen LogP contribution >= 0.6 is 23.2 Å². The molecule has 1 aromatic heterocycles. The van der Waals surface area contributed by atoms with Gasteiger partial charge in [0.05, 0.1) is 0 Å². The summed E-state index contributed by atoms with van der Waals surface area (Å²) in [5.74, 6) is -0.0195. The molecule has 0 saturated heterocycles. The number of pyridine rings is 1. The lowest BCUT2D eigenvalue weighted by Gasteiger charge is -2.06. The molecule has 0 aliphatic rings. The molecule has 0 saturated carbocycles. The highest BCUT2D eigenvalue weighted by Crippen LogP contribution is 2.20. The number of hydrogen-bond donors (Lipinski definition) is 1. The van der Waals surface area contributed by atoms with Crippen LogP contribution in [0.2, 0.25) is 10.0 Å². The van der Waals surface area contributed by atoms with Gasteiger partial charge in [-0.1, -0.05) is 29.3 Å². The number of hydrogen-bond acceptors (Lipinski definition) is 1. The molecule has 0 aliphatic heterocycles. The minimum Gasteiger partial charge on any atom is -0.350 e. The first-order valence-corrected chi connectivity index (χ1v) is 7.46. The van der Waals surface area contributed by atoms with Gasteiger partial charge in [0.15, 0.2) is 12.4 Å². The summed E-state index contributed by atoms with van der Waals surface area (Å²) >= 11 is 11.9. The van der Waals surface area contributed by atoms with Crippen LogP contribution in [0.15, 0.2) is 42.7 Å². The van der Waals surface area contributed by atoms with Crippen molar-refractivity contribution < 1.29 is 9.36 Å². The Labute approximate surface area is 134 Å². The lowest BCUT2D eigenvalue weighted by molar-refractivity contribution is -0.684. The number of aryl methyl sites for hydroxylation is 1. The second-order valence-electron chi connectivity index (χ2n) is 4.88. The van der Waals surface area contributed by atoms with E-state index in [4.69, 9.17) is 23.2 Å². The highest BCUT2D eigenvalue weighted by molar-refractivity contribution is 6.35. The average Bonchev–Trinajstić information content (AvgIpc) is 2.44. The fraction of sp³-hybridized carbons (Fsp3) is 0.250. The van der Waals surface area contributed by atoms with Crippen LogP contribution in [0.5, 0.6) is 0 Å². The predicted molar refractivity (Wildman–Crippen MR) is 84.5 cm³/mol. The SMILES string of the molecule is Cc1cc[n+](CC(=O)NCCc2ccc(Cl)cc2Cl)cc1. The first-order chi connectivity index (χ1) is 10.0. The normalized spacial score (nSPS) is 10.4. The maximum absolute atomic E-state index is 11.8. The Balaban J connectivity index is 1.80. The van der Waals surface area contributed by atoms with Gasteiger partial charge in [0.25, 0.3) is 5.91 Å². The van der Waals surface area contributed by atoms with Crippen molar-refractivity contribution in [3.8, 4) is 0 Å². The van der Waals surface area contributed by atoms with Gasteiger partial charge in [-0.15, -0.1) is 0 Å². The molecule has 0 bridgehead atoms. The van der Waals surface area contributed by atoms with Gasteiger partial charge in [0.1, 0.15) is 0 Å². The van der Waals surface area contributed by atoms with E-state index in [1.807, 2.05) is 42.1 Å². The second-order valence-corrected chi connectivity index (χ2v) is 5.73.